The number of hydrogen-bond acceptors (Lipinski definition) is 3. The summed E-state index contributed by atoms with van der Waals surface area (Å²) in [6.07, 6.45) is 34.4. The zero-order chi connectivity index (χ0) is 30.2. The Morgan fingerprint density at radius 1 is 0.238 bits per heavy atom. The van der Waals surface area contributed by atoms with Gasteiger partial charge in [0.15, 0.2) is 0 Å². The molecule has 0 aromatic carbocycles. The van der Waals surface area contributed by atoms with Crippen LogP contribution in [0.3, 0.4) is 0 Å². The van der Waals surface area contributed by atoms with Crippen LogP contribution in [0.25, 0.3) is 0 Å². The van der Waals surface area contributed by atoms with Crippen LogP contribution in [0.15, 0.2) is 0 Å². The average Bonchev–Trinajstić information content (AvgIpc) is 2.98. The van der Waals surface area contributed by atoms with E-state index in [4.69, 9.17) is 0 Å². The fourth-order valence-corrected chi connectivity index (χ4v) is 5.89. The van der Waals surface area contributed by atoms with E-state index in [-0.39, 0.29) is 17.7 Å². The Kier molecular flexibility index (Phi) is 28.2. The molecule has 0 aromatic rings. The molecule has 0 aliphatic carbocycles. The van der Waals surface area contributed by atoms with E-state index in [1.807, 2.05) is 0 Å². The van der Waals surface area contributed by atoms with Crippen molar-refractivity contribution in [1.82, 2.24) is 16.0 Å². The fraction of sp³-hybridized carbons (Fsp3) is 0.917. The van der Waals surface area contributed by atoms with Crippen LogP contribution in [0.4, 0.5) is 0 Å². The van der Waals surface area contributed by atoms with Crippen LogP contribution in [0.2, 0.25) is 0 Å². The van der Waals surface area contributed by atoms with Crippen molar-refractivity contribution < 1.29 is 14.4 Å². The largest absolute Gasteiger partial charge is 0.356 e. The third kappa shape index (κ3) is 28.5. The lowest BCUT2D eigenvalue weighted by atomic mass is 10.1. The molecule has 6 nitrogen and oxygen atoms in total. The van der Waals surface area contributed by atoms with E-state index >= 15 is 0 Å². The summed E-state index contributed by atoms with van der Waals surface area (Å²) >= 11 is 0. The van der Waals surface area contributed by atoms with Crippen molar-refractivity contribution in [1.29, 1.82) is 0 Å². The van der Waals surface area contributed by atoms with Crippen molar-refractivity contribution in [2.24, 2.45) is 0 Å². The van der Waals surface area contributed by atoms with Gasteiger partial charge in [-0.1, -0.05) is 135 Å². The number of nitrogens with one attached hydrogen (secondary N) is 3. The second-order valence-corrected chi connectivity index (χ2v) is 12.8. The molecule has 1 aliphatic rings. The Morgan fingerprint density at radius 2 is 0.405 bits per heavy atom. The van der Waals surface area contributed by atoms with E-state index in [1.165, 1.54) is 116 Å². The van der Waals surface area contributed by atoms with Crippen molar-refractivity contribution in [2.75, 3.05) is 19.6 Å². The third-order valence-corrected chi connectivity index (χ3v) is 8.71. The average molecular weight is 592 g/mol. The molecule has 6 heteroatoms. The maximum atomic E-state index is 12.0. The predicted molar refractivity (Wildman–Crippen MR) is 178 cm³/mol. The van der Waals surface area contributed by atoms with Crippen molar-refractivity contribution in [2.45, 2.75) is 193 Å². The maximum absolute atomic E-state index is 12.0. The predicted octanol–water partition coefficient (Wildman–Crippen LogP) is 9.05. The highest BCUT2D eigenvalue weighted by molar-refractivity contribution is 5.76. The molecule has 0 bridgehead atoms. The fourth-order valence-electron chi connectivity index (χ4n) is 5.89. The molecule has 0 spiro atoms. The van der Waals surface area contributed by atoms with Gasteiger partial charge >= 0.3 is 0 Å². The van der Waals surface area contributed by atoms with E-state index in [1.54, 1.807) is 0 Å². The maximum Gasteiger partial charge on any atom is 0.219 e. The van der Waals surface area contributed by atoms with Crippen molar-refractivity contribution >= 4 is 17.7 Å². The molecule has 1 rings (SSSR count). The summed E-state index contributed by atoms with van der Waals surface area (Å²) in [5.74, 6) is 0.668. The Labute approximate surface area is 260 Å². The summed E-state index contributed by atoms with van der Waals surface area (Å²) in [6.45, 7) is 2.47. The summed E-state index contributed by atoms with van der Waals surface area (Å²) in [4.78, 5) is 36.1. The number of amides is 3. The van der Waals surface area contributed by atoms with Gasteiger partial charge in [0, 0.05) is 38.9 Å². The minimum absolute atomic E-state index is 0.223. The van der Waals surface area contributed by atoms with Crippen molar-refractivity contribution in [3.8, 4) is 0 Å². The lowest BCUT2D eigenvalue weighted by Gasteiger charge is -2.06. The van der Waals surface area contributed by atoms with Gasteiger partial charge in [0.05, 0.1) is 0 Å². The molecule has 3 N–H and O–H groups in total. The lowest BCUT2D eigenvalue weighted by molar-refractivity contribution is -0.122. The zero-order valence-electron chi connectivity index (χ0n) is 27.6. The second-order valence-electron chi connectivity index (χ2n) is 12.8. The number of carbonyl (C=O) groups excluding carboxylic acids is 3. The van der Waals surface area contributed by atoms with E-state index in [0.717, 1.165) is 77.4 Å². The molecule has 1 aliphatic heterocycles. The van der Waals surface area contributed by atoms with Gasteiger partial charge in [-0.25, -0.2) is 0 Å². The van der Waals surface area contributed by atoms with Gasteiger partial charge in [0.25, 0.3) is 0 Å². The minimum Gasteiger partial charge on any atom is -0.356 e. The van der Waals surface area contributed by atoms with Gasteiger partial charge in [-0.15, -0.1) is 0 Å². The van der Waals surface area contributed by atoms with Gasteiger partial charge in [0.1, 0.15) is 0 Å². The van der Waals surface area contributed by atoms with E-state index in [2.05, 4.69) is 16.0 Å². The highest BCUT2D eigenvalue weighted by atomic mass is 16.2. The molecule has 1 heterocycles. The quantitative estimate of drug-likeness (QED) is 0.263. The van der Waals surface area contributed by atoms with Gasteiger partial charge in [-0.05, 0) is 38.5 Å². The Balaban J connectivity index is 2.14. The molecule has 1 saturated heterocycles. The molecule has 246 valence electrons. The van der Waals surface area contributed by atoms with Gasteiger partial charge in [-0.2, -0.15) is 0 Å². The van der Waals surface area contributed by atoms with Crippen LogP contribution in [-0.2, 0) is 14.4 Å². The number of carbonyl (C=O) groups is 3. The summed E-state index contributed by atoms with van der Waals surface area (Å²) in [5.41, 5.74) is 0. The van der Waals surface area contributed by atoms with Gasteiger partial charge in [0.2, 0.25) is 17.7 Å². The first-order valence-corrected chi connectivity index (χ1v) is 18.5. The molecule has 0 aromatic heterocycles. The van der Waals surface area contributed by atoms with E-state index in [9.17, 15) is 14.4 Å². The molecular formula is C36H69N3O3. The number of rotatable bonds is 0. The smallest absolute Gasteiger partial charge is 0.219 e. The van der Waals surface area contributed by atoms with Crippen LogP contribution < -0.4 is 16.0 Å². The summed E-state index contributed by atoms with van der Waals surface area (Å²) < 4.78 is 0. The molecule has 42 heavy (non-hydrogen) atoms. The SMILES string of the molecule is O=C1CCCCCCCCCCCNC(=O)CCCCCCCCCCCNC(=O)CCCCCCCCCCCN1. The summed E-state index contributed by atoms with van der Waals surface area (Å²) in [7, 11) is 0. The van der Waals surface area contributed by atoms with Gasteiger partial charge < -0.3 is 16.0 Å². The van der Waals surface area contributed by atoms with Gasteiger partial charge in [-0.3, -0.25) is 14.4 Å². The van der Waals surface area contributed by atoms with Crippen LogP contribution in [0.5, 0.6) is 0 Å². The topological polar surface area (TPSA) is 87.3 Å². The van der Waals surface area contributed by atoms with E-state index in [0.29, 0.717) is 19.3 Å². The first-order chi connectivity index (χ1) is 20.7. The van der Waals surface area contributed by atoms with Crippen molar-refractivity contribution in [3.05, 3.63) is 0 Å². The Morgan fingerprint density at radius 3 is 0.619 bits per heavy atom. The first kappa shape index (κ1) is 38.4. The molecule has 3 amide bonds. The zero-order valence-corrected chi connectivity index (χ0v) is 27.6. The lowest BCUT2D eigenvalue weighted by Crippen LogP contribution is -2.23. The van der Waals surface area contributed by atoms with Crippen LogP contribution in [0.1, 0.15) is 193 Å². The highest BCUT2D eigenvalue weighted by Gasteiger charge is 2.04. The normalized spacial score (nSPS) is 22.7. The summed E-state index contributed by atoms with van der Waals surface area (Å²) in [6, 6.07) is 0. The monoisotopic (exact) mass is 592 g/mol. The molecule has 0 unspecified atom stereocenters. The molecular weight excluding hydrogens is 522 g/mol. The Bertz CT molecular complexity index is 507. The number of hydrogen-bond donors (Lipinski definition) is 3. The van der Waals surface area contributed by atoms with Crippen LogP contribution in [-0.4, -0.2) is 37.4 Å². The minimum atomic E-state index is 0.223. The third-order valence-electron chi connectivity index (χ3n) is 8.71. The molecule has 0 radical (unpaired) electrons. The van der Waals surface area contributed by atoms with Crippen LogP contribution >= 0.6 is 0 Å². The highest BCUT2D eigenvalue weighted by Crippen LogP contribution is 2.13. The van der Waals surface area contributed by atoms with Crippen LogP contribution in [0, 0.1) is 0 Å². The summed E-state index contributed by atoms with van der Waals surface area (Å²) in [5, 5.41) is 9.29. The first-order valence-electron chi connectivity index (χ1n) is 18.5. The molecule has 0 atom stereocenters. The standard InChI is InChI=1S/C36H69N3O3/c40-34-28-22-16-10-4-1-7-13-19-25-31-37-35(41)29-23-17-11-5-2-9-15-21-27-33-39-36(42)30-24-18-12-6-3-8-14-20-26-32-38-34/h1-33H2,(H,37,41)(H,38,40)(H,39,42). The van der Waals surface area contributed by atoms with E-state index < -0.39 is 0 Å². The Hall–Kier alpha value is -1.59. The molecule has 0 saturated carbocycles. The second kappa shape index (κ2) is 30.9. The van der Waals surface area contributed by atoms with Crippen molar-refractivity contribution in [3.63, 3.8) is 0 Å². The molecule has 1 fully saturated rings.